The molecular weight excluding hydrogens is 968 g/mol. The van der Waals surface area contributed by atoms with Gasteiger partial charge in [0.25, 0.3) is 5.91 Å². The lowest BCUT2D eigenvalue weighted by atomic mass is 9.82. The molecule has 75 heavy (non-hydrogen) atoms. The van der Waals surface area contributed by atoms with Crippen molar-refractivity contribution in [2.75, 3.05) is 88.3 Å². The smallest absolute Gasteiger partial charge is 0.252 e. The fraction of sp³-hybridized carbons (Fsp3) is 0.482. The molecule has 0 spiro atoms. The molecule has 5 aliphatic heterocycles. The number of piperazine rings is 1. The summed E-state index contributed by atoms with van der Waals surface area (Å²) in [6.45, 7) is 12.7. The molecule has 5 aliphatic rings. The van der Waals surface area contributed by atoms with Gasteiger partial charge >= 0.3 is 0 Å². The molecule has 0 aromatic heterocycles. The van der Waals surface area contributed by atoms with Crippen LogP contribution >= 0.6 is 0 Å². The van der Waals surface area contributed by atoms with E-state index in [1.807, 2.05) is 18.2 Å². The van der Waals surface area contributed by atoms with E-state index in [9.17, 15) is 23.6 Å². The molecule has 3 saturated heterocycles. The number of carbonyl (C=O) groups is 5. The van der Waals surface area contributed by atoms with Gasteiger partial charge < -0.3 is 45.9 Å². The van der Waals surface area contributed by atoms with Gasteiger partial charge in [0.15, 0.2) is 0 Å². The van der Waals surface area contributed by atoms with E-state index < -0.39 is 64.5 Å². The van der Waals surface area contributed by atoms with Crippen LogP contribution in [0.5, 0.6) is 0 Å². The number of hydrogen-bond donors (Lipinski definition) is 5. The van der Waals surface area contributed by atoms with Gasteiger partial charge in [-0.05, 0) is 130 Å². The van der Waals surface area contributed by atoms with Crippen LogP contribution in [0.3, 0.4) is 0 Å². The normalized spacial score (nSPS) is 24.0. The molecule has 5 amide bonds. The van der Waals surface area contributed by atoms with Crippen LogP contribution in [0.15, 0.2) is 78.9 Å². The Kier molecular flexibility index (Phi) is 16.4. The van der Waals surface area contributed by atoms with Crippen LogP contribution in [0.4, 0.5) is 30.2 Å². The first-order chi connectivity index (χ1) is 36.0. The molecule has 5 heterocycles. The molecule has 0 radical (unpaired) electrons. The van der Waals surface area contributed by atoms with Gasteiger partial charge in [0.05, 0.1) is 31.2 Å². The molecule has 9 rings (SSSR count). The summed E-state index contributed by atoms with van der Waals surface area (Å²) >= 11 is 0. The minimum Gasteiger partial charge on any atom is -0.381 e. The number of amides is 5. The summed E-state index contributed by atoms with van der Waals surface area (Å²) in [5, 5.41) is 14.9. The van der Waals surface area contributed by atoms with Crippen LogP contribution < -0.4 is 31.5 Å². The zero-order valence-corrected chi connectivity index (χ0v) is 43.2. The number of nitrogens with one attached hydrogen (secondary N) is 5. The van der Waals surface area contributed by atoms with Crippen LogP contribution in [-0.4, -0.2) is 147 Å². The highest BCUT2D eigenvalue weighted by atomic mass is 19.1. The average molecular weight is 1040 g/mol. The molecule has 0 aliphatic carbocycles. The number of nitrogens with zero attached hydrogens (tertiary/aromatic N) is 4. The van der Waals surface area contributed by atoms with Gasteiger partial charge in [-0.2, -0.15) is 0 Å². The van der Waals surface area contributed by atoms with Crippen molar-refractivity contribution in [3.8, 4) is 0 Å². The maximum absolute atomic E-state index is 15.1. The second-order valence-corrected chi connectivity index (χ2v) is 21.0. The minimum atomic E-state index is -1.44. The lowest BCUT2D eigenvalue weighted by Crippen LogP contribution is -2.62. The fourth-order valence-electron chi connectivity index (χ4n) is 11.2. The summed E-state index contributed by atoms with van der Waals surface area (Å²) in [5.74, 6) is -5.22. The van der Waals surface area contributed by atoms with E-state index in [0.717, 1.165) is 36.3 Å². The van der Waals surface area contributed by atoms with Crippen molar-refractivity contribution in [2.24, 2.45) is 5.92 Å². The van der Waals surface area contributed by atoms with E-state index in [1.165, 1.54) is 23.1 Å². The van der Waals surface area contributed by atoms with E-state index in [2.05, 4.69) is 50.2 Å². The van der Waals surface area contributed by atoms with Gasteiger partial charge in [-0.15, -0.1) is 0 Å². The number of anilines is 3. The Morgan fingerprint density at radius 3 is 2.32 bits per heavy atom. The zero-order chi connectivity index (χ0) is 53.1. The number of rotatable bonds is 15. The fourth-order valence-corrected chi connectivity index (χ4v) is 11.2. The van der Waals surface area contributed by atoms with Crippen molar-refractivity contribution < 1.29 is 46.6 Å². The number of halogens is 3. The number of morpholine rings is 1. The number of para-hydroxylation sites is 1. The monoisotopic (exact) mass is 1040 g/mol. The highest BCUT2D eigenvalue weighted by molar-refractivity contribution is 6.07. The van der Waals surface area contributed by atoms with Crippen molar-refractivity contribution in [1.29, 1.82) is 0 Å². The van der Waals surface area contributed by atoms with E-state index in [1.54, 1.807) is 56.1 Å². The Labute approximate surface area is 436 Å². The molecule has 0 saturated carbocycles. The lowest BCUT2D eigenvalue weighted by Gasteiger charge is -2.43. The third-order valence-electron chi connectivity index (χ3n) is 15.8. The molecule has 7 atom stereocenters. The average Bonchev–Trinajstić information content (AvgIpc) is 3.95. The number of likely N-dealkylation sites (N-methyl/N-ethyl adjacent to an activating group) is 1. The molecule has 4 aromatic rings. The molecule has 400 valence electrons. The van der Waals surface area contributed by atoms with Gasteiger partial charge in [0.1, 0.15) is 35.2 Å². The second kappa shape index (κ2) is 22.9. The number of carbonyl (C=O) groups excluding carboxylic acids is 5. The number of ether oxygens (including phenoxy) is 2. The van der Waals surface area contributed by atoms with Gasteiger partial charge in [0.2, 0.25) is 23.6 Å². The number of hydrogen-bond acceptors (Lipinski definition) is 11. The minimum absolute atomic E-state index is 0.0117. The first kappa shape index (κ1) is 53.6. The summed E-state index contributed by atoms with van der Waals surface area (Å²) in [6.07, 6.45) is 1.38. The topological polar surface area (TPSA) is 177 Å². The standard InChI is InChI=1S/C56H68F3N9O7/c1-33-27-66(42(26-61-33)29-65-19-22-75-31-34(65)2)30-48(69)68-32-56(4,44-16-11-37(24-47(44)68)23-36-9-13-40(57)14-10-36)55(73)62-41-15-12-39-28-67(51(43(39)25-41)53(71)64-50-45(58)7-6-8-46(50)59)54(72)49(38-17-20-74-21-18-38)63-52(70)35(3)60-5/h6-16,24-25,33-35,38,42,49,51,60-61H,17-23,26-32H2,1-5H3,(H,62,73)(H,63,70)(H,64,71)/t33-,34-,35+,42-,49?,51+,56?/m1/s1. The Morgan fingerprint density at radius 1 is 0.867 bits per heavy atom. The van der Waals surface area contributed by atoms with Crippen molar-refractivity contribution >= 4 is 46.6 Å². The Morgan fingerprint density at radius 2 is 1.60 bits per heavy atom. The summed E-state index contributed by atoms with van der Waals surface area (Å²) in [5.41, 5.74) is 2.10. The number of fused-ring (bicyclic) bond motifs is 2. The number of benzene rings is 4. The first-order valence-corrected chi connectivity index (χ1v) is 26.0. The zero-order valence-electron chi connectivity index (χ0n) is 43.2. The van der Waals surface area contributed by atoms with Crippen molar-refractivity contribution in [3.05, 3.63) is 124 Å². The summed E-state index contributed by atoms with van der Waals surface area (Å²) < 4.78 is 55.5. The summed E-state index contributed by atoms with van der Waals surface area (Å²) in [6, 6.07) is 17.4. The SMILES string of the molecule is CN[C@@H](C)C(=O)NC(C(=O)N1Cc2ccc(NC(=O)C3(C)CN(C(=O)CN4C[C@@H](C)NC[C@@H]4CN4CCOC[C@H]4C)c4cc(Cc5ccc(F)cc5)ccc43)cc2[C@H]1C(=O)Nc1c(F)cccc1F)C1CCOCC1. The van der Waals surface area contributed by atoms with E-state index in [-0.39, 0.29) is 61.1 Å². The molecule has 16 nitrogen and oxygen atoms in total. The van der Waals surface area contributed by atoms with Crippen molar-refractivity contribution in [1.82, 2.24) is 30.7 Å². The van der Waals surface area contributed by atoms with Crippen molar-refractivity contribution in [2.45, 2.75) is 95.2 Å². The lowest BCUT2D eigenvalue weighted by molar-refractivity contribution is -0.144. The summed E-state index contributed by atoms with van der Waals surface area (Å²) in [7, 11) is 1.62. The molecule has 2 unspecified atom stereocenters. The molecule has 3 fully saturated rings. The van der Waals surface area contributed by atoms with E-state index in [0.29, 0.717) is 81.2 Å². The summed E-state index contributed by atoms with van der Waals surface area (Å²) in [4.78, 5) is 80.5. The van der Waals surface area contributed by atoms with Crippen LogP contribution in [0.2, 0.25) is 0 Å². The molecule has 5 N–H and O–H groups in total. The maximum atomic E-state index is 15.1. The van der Waals surface area contributed by atoms with Crippen LogP contribution in [0, 0.1) is 23.4 Å². The Hall–Kier alpha value is -6.22. The third-order valence-corrected chi connectivity index (χ3v) is 15.8. The highest BCUT2D eigenvalue weighted by Gasteiger charge is 2.49. The quantitative estimate of drug-likeness (QED) is 0.110. The van der Waals surface area contributed by atoms with Crippen LogP contribution in [0.25, 0.3) is 0 Å². The van der Waals surface area contributed by atoms with Gasteiger partial charge in [-0.25, -0.2) is 13.2 Å². The third kappa shape index (κ3) is 11.6. The van der Waals surface area contributed by atoms with Crippen LogP contribution in [-0.2, 0) is 51.8 Å². The predicted octanol–water partition coefficient (Wildman–Crippen LogP) is 4.86. The predicted molar refractivity (Wildman–Crippen MR) is 277 cm³/mol. The highest BCUT2D eigenvalue weighted by Crippen LogP contribution is 2.44. The Balaban J connectivity index is 1.02. The van der Waals surface area contributed by atoms with Gasteiger partial charge in [0, 0.05) is 82.0 Å². The van der Waals surface area contributed by atoms with E-state index in [4.69, 9.17) is 9.47 Å². The largest absolute Gasteiger partial charge is 0.381 e. The molecule has 4 aromatic carbocycles. The molecule has 19 heteroatoms. The maximum Gasteiger partial charge on any atom is 0.252 e. The van der Waals surface area contributed by atoms with Gasteiger partial charge in [-0.1, -0.05) is 36.4 Å². The van der Waals surface area contributed by atoms with Crippen LogP contribution in [0.1, 0.15) is 74.4 Å². The first-order valence-electron chi connectivity index (χ1n) is 26.0. The Bertz CT molecular complexity index is 2760. The van der Waals surface area contributed by atoms with Gasteiger partial charge in [-0.3, -0.25) is 33.8 Å². The second-order valence-electron chi connectivity index (χ2n) is 21.0. The molecule has 0 bridgehead atoms. The van der Waals surface area contributed by atoms with E-state index >= 15 is 13.6 Å². The van der Waals surface area contributed by atoms with Crippen molar-refractivity contribution in [3.63, 3.8) is 0 Å². The molecular formula is C56H68F3N9O7.